The van der Waals surface area contributed by atoms with Crippen LogP contribution >= 0.6 is 11.8 Å². The fraction of sp³-hybridized carbons (Fsp3) is 0.538. The molecule has 0 radical (unpaired) electrons. The van der Waals surface area contributed by atoms with E-state index in [1.165, 1.54) is 12.1 Å². The van der Waals surface area contributed by atoms with E-state index in [2.05, 4.69) is 6.92 Å². The number of hydrogen-bond donors (Lipinski definition) is 1. The highest BCUT2D eigenvalue weighted by Gasteiger charge is 2.26. The lowest BCUT2D eigenvalue weighted by Crippen LogP contribution is -2.26. The van der Waals surface area contributed by atoms with Gasteiger partial charge < -0.3 is 9.84 Å². The molecule has 0 aliphatic carbocycles. The molecule has 1 N–H and O–H groups in total. The highest BCUT2D eigenvalue weighted by atomic mass is 32.2. The summed E-state index contributed by atoms with van der Waals surface area (Å²) in [6.45, 7) is 2.12. The van der Waals surface area contributed by atoms with Crippen molar-refractivity contribution in [3.8, 4) is 5.75 Å². The van der Waals surface area contributed by atoms with Crippen molar-refractivity contribution in [2.45, 2.75) is 32.0 Å². The van der Waals surface area contributed by atoms with Gasteiger partial charge in [-0.05, 0) is 30.1 Å². The first-order valence-electron chi connectivity index (χ1n) is 5.92. The van der Waals surface area contributed by atoms with Gasteiger partial charge in [0.2, 0.25) is 0 Å². The standard InChI is InChI=1S/C13H17FO2S/c1-2-17-6-5-10-8-12(15)11-4-3-9(14)7-13(11)16-10/h3-4,7,10,12,15H,2,5-6,8H2,1H3/t10?,12-/m0/s1. The van der Waals surface area contributed by atoms with Crippen molar-refractivity contribution < 1.29 is 14.2 Å². The predicted molar refractivity (Wildman–Crippen MR) is 68.0 cm³/mol. The van der Waals surface area contributed by atoms with Crippen molar-refractivity contribution in [2.75, 3.05) is 11.5 Å². The molecule has 0 aromatic heterocycles. The first-order valence-corrected chi connectivity index (χ1v) is 7.08. The predicted octanol–water partition coefficient (Wildman–Crippen LogP) is 3.15. The van der Waals surface area contributed by atoms with Gasteiger partial charge in [-0.25, -0.2) is 4.39 Å². The van der Waals surface area contributed by atoms with E-state index >= 15 is 0 Å². The quantitative estimate of drug-likeness (QED) is 0.839. The fourth-order valence-corrected chi connectivity index (χ4v) is 2.74. The summed E-state index contributed by atoms with van der Waals surface area (Å²) < 4.78 is 18.8. The van der Waals surface area contributed by atoms with Gasteiger partial charge in [-0.3, -0.25) is 0 Å². The molecule has 4 heteroatoms. The van der Waals surface area contributed by atoms with E-state index in [0.29, 0.717) is 17.7 Å². The lowest BCUT2D eigenvalue weighted by Gasteiger charge is -2.29. The summed E-state index contributed by atoms with van der Waals surface area (Å²) in [5.41, 5.74) is 0.700. The van der Waals surface area contributed by atoms with E-state index in [-0.39, 0.29) is 11.9 Å². The van der Waals surface area contributed by atoms with Crippen LogP contribution in [0, 0.1) is 5.82 Å². The zero-order valence-corrected chi connectivity index (χ0v) is 10.7. The van der Waals surface area contributed by atoms with Crippen LogP contribution in [-0.2, 0) is 0 Å². The van der Waals surface area contributed by atoms with Gasteiger partial charge in [0.1, 0.15) is 17.7 Å². The molecule has 2 nitrogen and oxygen atoms in total. The highest BCUT2D eigenvalue weighted by Crippen LogP contribution is 2.36. The monoisotopic (exact) mass is 256 g/mol. The van der Waals surface area contributed by atoms with Crippen LogP contribution in [0.1, 0.15) is 31.4 Å². The number of benzene rings is 1. The number of halogens is 1. The van der Waals surface area contributed by atoms with Gasteiger partial charge in [0.05, 0.1) is 6.10 Å². The summed E-state index contributed by atoms with van der Waals surface area (Å²) in [4.78, 5) is 0. The Balaban J connectivity index is 2.04. The van der Waals surface area contributed by atoms with E-state index in [1.807, 2.05) is 11.8 Å². The molecular formula is C13H17FO2S. The normalized spacial score (nSPS) is 23.0. The average molecular weight is 256 g/mol. The topological polar surface area (TPSA) is 29.5 Å². The van der Waals surface area contributed by atoms with Crippen molar-refractivity contribution >= 4 is 11.8 Å². The SMILES string of the molecule is CCSCCC1C[C@H](O)c2ccc(F)cc2O1. The Morgan fingerprint density at radius 3 is 3.12 bits per heavy atom. The van der Waals surface area contributed by atoms with Crippen molar-refractivity contribution in [1.82, 2.24) is 0 Å². The van der Waals surface area contributed by atoms with Crippen LogP contribution in [0.4, 0.5) is 4.39 Å². The molecule has 0 fully saturated rings. The van der Waals surface area contributed by atoms with E-state index < -0.39 is 6.10 Å². The van der Waals surface area contributed by atoms with Gasteiger partial charge in [0, 0.05) is 18.1 Å². The number of thioether (sulfide) groups is 1. The summed E-state index contributed by atoms with van der Waals surface area (Å²) in [5.74, 6) is 2.27. The number of hydrogen-bond acceptors (Lipinski definition) is 3. The van der Waals surface area contributed by atoms with E-state index in [0.717, 1.165) is 17.9 Å². The maximum atomic E-state index is 13.1. The minimum absolute atomic E-state index is 0.00153. The second kappa shape index (κ2) is 5.74. The Hall–Kier alpha value is -0.740. The van der Waals surface area contributed by atoms with E-state index in [9.17, 15) is 9.50 Å². The van der Waals surface area contributed by atoms with Gasteiger partial charge in [0.25, 0.3) is 0 Å². The molecule has 2 rings (SSSR count). The number of aliphatic hydroxyl groups is 1. The lowest BCUT2D eigenvalue weighted by molar-refractivity contribution is 0.0645. The molecule has 2 atom stereocenters. The third-order valence-electron chi connectivity index (χ3n) is 2.90. The molecule has 0 bridgehead atoms. The summed E-state index contributed by atoms with van der Waals surface area (Å²) in [6, 6.07) is 4.32. The molecule has 17 heavy (non-hydrogen) atoms. The number of aliphatic hydroxyl groups excluding tert-OH is 1. The Kier molecular flexibility index (Phi) is 4.29. The molecule has 0 amide bonds. The fourth-order valence-electron chi connectivity index (χ4n) is 2.03. The van der Waals surface area contributed by atoms with Crippen LogP contribution in [0.25, 0.3) is 0 Å². The minimum Gasteiger partial charge on any atom is -0.490 e. The molecule has 1 aromatic rings. The van der Waals surface area contributed by atoms with Gasteiger partial charge >= 0.3 is 0 Å². The molecule has 94 valence electrons. The van der Waals surface area contributed by atoms with Crippen molar-refractivity contribution in [3.63, 3.8) is 0 Å². The first-order chi connectivity index (χ1) is 8.20. The Bertz CT molecular complexity index is 384. The maximum absolute atomic E-state index is 13.1. The largest absolute Gasteiger partial charge is 0.490 e. The Labute approximate surface area is 105 Å². The Morgan fingerprint density at radius 2 is 2.35 bits per heavy atom. The van der Waals surface area contributed by atoms with Gasteiger partial charge in [0.15, 0.2) is 0 Å². The summed E-state index contributed by atoms with van der Waals surface area (Å²) in [6.07, 6.45) is 0.961. The summed E-state index contributed by atoms with van der Waals surface area (Å²) in [5, 5.41) is 9.97. The minimum atomic E-state index is -0.532. The van der Waals surface area contributed by atoms with Gasteiger partial charge in [-0.15, -0.1) is 0 Å². The van der Waals surface area contributed by atoms with Crippen LogP contribution in [-0.4, -0.2) is 22.7 Å². The molecule has 0 saturated heterocycles. The van der Waals surface area contributed by atoms with E-state index in [4.69, 9.17) is 4.74 Å². The summed E-state index contributed by atoms with van der Waals surface area (Å²) in [7, 11) is 0. The second-order valence-electron chi connectivity index (χ2n) is 4.16. The van der Waals surface area contributed by atoms with Crippen molar-refractivity contribution in [2.24, 2.45) is 0 Å². The first kappa shape index (κ1) is 12.7. The lowest BCUT2D eigenvalue weighted by atomic mass is 9.98. The molecule has 1 aliphatic heterocycles. The highest BCUT2D eigenvalue weighted by molar-refractivity contribution is 7.99. The zero-order valence-electron chi connectivity index (χ0n) is 9.86. The average Bonchev–Trinajstić information content (AvgIpc) is 2.28. The van der Waals surface area contributed by atoms with Crippen molar-refractivity contribution in [3.05, 3.63) is 29.6 Å². The number of fused-ring (bicyclic) bond motifs is 1. The number of rotatable bonds is 4. The maximum Gasteiger partial charge on any atom is 0.128 e. The molecule has 0 spiro atoms. The van der Waals surface area contributed by atoms with Crippen LogP contribution in [0.5, 0.6) is 5.75 Å². The zero-order chi connectivity index (χ0) is 12.3. The third-order valence-corrected chi connectivity index (χ3v) is 3.84. The van der Waals surface area contributed by atoms with Crippen LogP contribution < -0.4 is 4.74 Å². The van der Waals surface area contributed by atoms with E-state index in [1.54, 1.807) is 6.07 Å². The number of ether oxygens (including phenoxy) is 1. The van der Waals surface area contributed by atoms with Crippen molar-refractivity contribution in [1.29, 1.82) is 0 Å². The third kappa shape index (κ3) is 3.13. The smallest absolute Gasteiger partial charge is 0.128 e. The van der Waals surface area contributed by atoms with Gasteiger partial charge in [-0.2, -0.15) is 11.8 Å². The molecule has 1 unspecified atom stereocenters. The van der Waals surface area contributed by atoms with Crippen LogP contribution in [0.2, 0.25) is 0 Å². The molecular weight excluding hydrogens is 239 g/mol. The van der Waals surface area contributed by atoms with Crippen LogP contribution in [0.15, 0.2) is 18.2 Å². The molecule has 1 aliphatic rings. The second-order valence-corrected chi connectivity index (χ2v) is 5.55. The molecule has 1 aromatic carbocycles. The van der Waals surface area contributed by atoms with Gasteiger partial charge in [-0.1, -0.05) is 6.92 Å². The summed E-state index contributed by atoms with van der Waals surface area (Å²) >= 11 is 1.85. The van der Waals surface area contributed by atoms with Crippen LogP contribution in [0.3, 0.4) is 0 Å². The molecule has 0 saturated carbocycles. The molecule has 1 heterocycles. The Morgan fingerprint density at radius 1 is 1.53 bits per heavy atom.